The van der Waals surface area contributed by atoms with E-state index in [0.29, 0.717) is 31.6 Å². The summed E-state index contributed by atoms with van der Waals surface area (Å²) in [5.74, 6) is -3.17. The summed E-state index contributed by atoms with van der Waals surface area (Å²) >= 11 is 0. The third kappa shape index (κ3) is 12.6. The number of amides is 1. The van der Waals surface area contributed by atoms with E-state index in [1.165, 1.54) is 20.4 Å². The van der Waals surface area contributed by atoms with Crippen LogP contribution in [0.15, 0.2) is 10.8 Å². The molecule has 0 saturated carbocycles. The molecule has 3 fully saturated rings. The molecule has 0 unspecified atom stereocenters. The summed E-state index contributed by atoms with van der Waals surface area (Å²) in [6.07, 6.45) is -7.40. The Bertz CT molecular complexity index is 1610. The fraction of sp³-hybridized carbons (Fsp3) is 0.889. The Balaban J connectivity index is 1.77. The summed E-state index contributed by atoms with van der Waals surface area (Å²) in [5, 5.41) is 62.5. The van der Waals surface area contributed by atoms with Gasteiger partial charge in [0.05, 0.1) is 47.2 Å². The number of esters is 1. The van der Waals surface area contributed by atoms with Crippen LogP contribution in [-0.2, 0) is 33.2 Å². The van der Waals surface area contributed by atoms with Gasteiger partial charge in [-0.3, -0.25) is 14.5 Å². The van der Waals surface area contributed by atoms with Crippen molar-refractivity contribution < 1.29 is 68.0 Å². The minimum absolute atomic E-state index is 0.0982. The Morgan fingerprint density at radius 1 is 1.02 bits per heavy atom. The van der Waals surface area contributed by atoms with Crippen LogP contribution in [0.2, 0.25) is 0 Å². The van der Waals surface area contributed by atoms with E-state index in [0.717, 1.165) is 0 Å². The summed E-state index contributed by atoms with van der Waals surface area (Å²) in [6.45, 7) is 20.1. The van der Waals surface area contributed by atoms with Gasteiger partial charge in [0.1, 0.15) is 30.0 Å². The lowest BCUT2D eigenvalue weighted by Crippen LogP contribution is -2.60. The Labute approximate surface area is 374 Å². The van der Waals surface area contributed by atoms with Gasteiger partial charge in [-0.2, -0.15) is 0 Å². The number of carbonyl (C=O) groups excluding carboxylic acids is 2. The highest BCUT2D eigenvalue weighted by molar-refractivity contribution is 5.92. The highest BCUT2D eigenvalue weighted by Gasteiger charge is 2.53. The molecule has 0 spiro atoms. The van der Waals surface area contributed by atoms with E-state index in [1.807, 2.05) is 37.7 Å². The van der Waals surface area contributed by atoms with Gasteiger partial charge in [-0.1, -0.05) is 20.8 Å². The molecule has 4 rings (SSSR count). The Hall–Kier alpha value is -2.33. The molecular formula is C45H80N4O14. The molecule has 18 heteroatoms. The molecule has 63 heavy (non-hydrogen) atoms. The zero-order valence-corrected chi connectivity index (χ0v) is 40.1. The molecule has 364 valence electrons. The number of hydrogen-bond donors (Lipinski definition) is 6. The Morgan fingerprint density at radius 3 is 2.27 bits per heavy atom. The van der Waals surface area contributed by atoms with Gasteiger partial charge >= 0.3 is 5.97 Å². The first-order valence-electron chi connectivity index (χ1n) is 22.7. The molecule has 1 amide bonds. The number of aryl methyl sites for hydroxylation is 1. The second-order valence-corrected chi connectivity index (χ2v) is 19.6. The lowest BCUT2D eigenvalue weighted by molar-refractivity contribution is -0.318. The predicted octanol–water partition coefficient (Wildman–Crippen LogP) is 2.39. The number of ether oxygens (including phenoxy) is 6. The van der Waals surface area contributed by atoms with Crippen molar-refractivity contribution in [1.82, 2.24) is 20.1 Å². The van der Waals surface area contributed by atoms with Gasteiger partial charge in [0.2, 0.25) is 5.76 Å². The Morgan fingerprint density at radius 2 is 1.68 bits per heavy atom. The van der Waals surface area contributed by atoms with Gasteiger partial charge in [-0.05, 0) is 101 Å². The number of aromatic nitrogens is 1. The molecule has 6 N–H and O–H groups in total. The number of rotatable bonds is 12. The maximum Gasteiger partial charge on any atom is 0.311 e. The van der Waals surface area contributed by atoms with Crippen LogP contribution in [0.5, 0.6) is 0 Å². The first kappa shape index (κ1) is 53.3. The van der Waals surface area contributed by atoms with Crippen molar-refractivity contribution in [3.05, 3.63) is 17.8 Å². The SMILES string of the molecule is CC[C@H]1OC(=O)[C@H](C)[C@@H](O[C@H]2C[C@@](C)(OC)[C@@H](O)[C@H](C)O2)[C@H](C)[C@@H](O[C@@H]2O[C@H](C)C[C@H](N(C)C)[C@H]2O)[C@](C)(O)C[C@@H](C)CN(CCCNC(=O)c2ocnc2C)[C@H](C)[C@@H](O)[C@]1(C)O. The van der Waals surface area contributed by atoms with Crippen LogP contribution in [0.25, 0.3) is 0 Å². The van der Waals surface area contributed by atoms with Crippen LogP contribution in [-0.4, -0.2) is 183 Å². The molecule has 18 atom stereocenters. The van der Waals surface area contributed by atoms with Gasteiger partial charge in [0.15, 0.2) is 19.0 Å². The van der Waals surface area contributed by atoms with E-state index < -0.39 is 102 Å². The van der Waals surface area contributed by atoms with Crippen molar-refractivity contribution in [2.24, 2.45) is 17.8 Å². The summed E-state index contributed by atoms with van der Waals surface area (Å²) in [5.41, 5.74) is -4.17. The van der Waals surface area contributed by atoms with Crippen molar-refractivity contribution in [3.8, 4) is 0 Å². The molecule has 3 saturated heterocycles. The Kier molecular flexibility index (Phi) is 18.6. The van der Waals surface area contributed by atoms with Crippen LogP contribution in [0.4, 0.5) is 0 Å². The van der Waals surface area contributed by atoms with Gasteiger partial charge in [0, 0.05) is 51.2 Å². The van der Waals surface area contributed by atoms with Crippen molar-refractivity contribution in [1.29, 1.82) is 0 Å². The molecule has 1 aromatic heterocycles. The predicted molar refractivity (Wildman–Crippen MR) is 231 cm³/mol. The quantitative estimate of drug-likeness (QED) is 0.131. The van der Waals surface area contributed by atoms with Crippen LogP contribution in [0, 0.1) is 24.7 Å². The van der Waals surface area contributed by atoms with Crippen LogP contribution in [0.1, 0.15) is 118 Å². The second kappa shape index (κ2) is 22.0. The van der Waals surface area contributed by atoms with Gasteiger partial charge in [-0.15, -0.1) is 0 Å². The molecule has 3 aliphatic heterocycles. The lowest BCUT2D eigenvalue weighted by atomic mass is 9.77. The largest absolute Gasteiger partial charge is 0.459 e. The van der Waals surface area contributed by atoms with E-state index in [1.54, 1.807) is 55.4 Å². The first-order valence-corrected chi connectivity index (χ1v) is 22.7. The number of hydrogen-bond acceptors (Lipinski definition) is 17. The highest BCUT2D eigenvalue weighted by atomic mass is 16.7. The van der Waals surface area contributed by atoms with Crippen molar-refractivity contribution in [2.75, 3.05) is 40.8 Å². The lowest BCUT2D eigenvalue weighted by Gasteiger charge is -2.48. The number of carbonyl (C=O) groups is 2. The van der Waals surface area contributed by atoms with Crippen molar-refractivity contribution >= 4 is 11.9 Å². The summed E-state index contributed by atoms with van der Waals surface area (Å²) in [4.78, 5) is 35.2. The maximum absolute atomic E-state index is 14.5. The highest BCUT2D eigenvalue weighted by Crippen LogP contribution is 2.40. The third-order valence-corrected chi connectivity index (χ3v) is 13.9. The average Bonchev–Trinajstić information content (AvgIpc) is 3.65. The number of nitrogens with zero attached hydrogens (tertiary/aromatic N) is 3. The monoisotopic (exact) mass is 901 g/mol. The normalized spacial score (nSPS) is 42.9. The fourth-order valence-electron chi connectivity index (χ4n) is 9.98. The smallest absolute Gasteiger partial charge is 0.311 e. The van der Waals surface area contributed by atoms with E-state index in [9.17, 15) is 35.1 Å². The van der Waals surface area contributed by atoms with E-state index in [4.69, 9.17) is 32.8 Å². The number of aliphatic hydroxyl groups is 5. The van der Waals surface area contributed by atoms with Crippen LogP contribution >= 0.6 is 0 Å². The molecule has 0 bridgehead atoms. The van der Waals surface area contributed by atoms with Gasteiger partial charge in [0.25, 0.3) is 5.91 Å². The zero-order chi connectivity index (χ0) is 47.4. The number of oxazole rings is 1. The number of nitrogens with one attached hydrogen (secondary N) is 1. The zero-order valence-electron chi connectivity index (χ0n) is 40.1. The molecule has 18 nitrogen and oxygen atoms in total. The summed E-state index contributed by atoms with van der Waals surface area (Å²) < 4.78 is 43.2. The minimum atomic E-state index is -1.92. The second-order valence-electron chi connectivity index (χ2n) is 19.6. The van der Waals surface area contributed by atoms with E-state index in [2.05, 4.69) is 10.3 Å². The summed E-state index contributed by atoms with van der Waals surface area (Å²) in [6, 6.07) is -1.01. The fourth-order valence-corrected chi connectivity index (χ4v) is 9.98. The van der Waals surface area contributed by atoms with Gasteiger partial charge in [-0.25, -0.2) is 4.98 Å². The van der Waals surface area contributed by atoms with E-state index >= 15 is 0 Å². The van der Waals surface area contributed by atoms with Crippen molar-refractivity contribution in [2.45, 2.75) is 199 Å². The number of methoxy groups -OCH3 is 1. The van der Waals surface area contributed by atoms with E-state index in [-0.39, 0.29) is 49.6 Å². The van der Waals surface area contributed by atoms with Crippen LogP contribution < -0.4 is 5.32 Å². The molecular weight excluding hydrogens is 821 g/mol. The number of aliphatic hydroxyl groups excluding tert-OH is 3. The third-order valence-electron chi connectivity index (χ3n) is 13.9. The van der Waals surface area contributed by atoms with Crippen LogP contribution in [0.3, 0.4) is 0 Å². The standard InChI is InChI=1S/C45H80N4O14/c1-15-32-45(11,56)37(51)29(7)49(18-16-17-46-40(53)36-28(6)47-23-58-36)22-24(2)20-43(9,55)39(63-42-34(50)31(48(12)13)19-25(3)59-42)26(4)35(27(5)41(54)61-32)62-33-21-44(10,57-14)38(52)30(8)60-33/h23-27,29-35,37-39,42,50-52,55-56H,15-22H2,1-14H3,(H,46,53)/t24-,25-,26+,27-,29-,30+,31+,32-,33+,34-,35+,37-,38+,39-,42+,43-,44-,45-/m1/s1. The number of likely N-dealkylation sites (N-methyl/N-ethyl adjacent to an activating group) is 1. The molecule has 0 radical (unpaired) electrons. The molecule has 4 heterocycles. The summed E-state index contributed by atoms with van der Waals surface area (Å²) in [7, 11) is 5.24. The maximum atomic E-state index is 14.5. The topological polar surface area (TPSA) is 235 Å². The molecule has 0 aromatic carbocycles. The minimum Gasteiger partial charge on any atom is -0.459 e. The average molecular weight is 901 g/mol. The van der Waals surface area contributed by atoms with Crippen molar-refractivity contribution in [3.63, 3.8) is 0 Å². The molecule has 1 aromatic rings. The first-order chi connectivity index (χ1) is 29.3. The molecule has 3 aliphatic rings. The molecule has 0 aliphatic carbocycles. The van der Waals surface area contributed by atoms with Gasteiger partial charge < -0.3 is 68.6 Å². The number of cyclic esters (lactones) is 1.